The fraction of sp³-hybridized carbons (Fsp3) is 0.417. The van der Waals surface area contributed by atoms with Crippen molar-refractivity contribution in [2.24, 2.45) is 5.92 Å². The molecule has 0 radical (unpaired) electrons. The highest BCUT2D eigenvalue weighted by Crippen LogP contribution is 2.14. The lowest BCUT2D eigenvalue weighted by Gasteiger charge is -2.09. The fourth-order valence-electron chi connectivity index (χ4n) is 1.13. The highest BCUT2D eigenvalue weighted by atomic mass is 16.5. The second-order valence-corrected chi connectivity index (χ2v) is 3.81. The minimum Gasteiger partial charge on any atom is -0.493 e. The molecule has 0 unspecified atom stereocenters. The molecule has 0 spiro atoms. The second kappa shape index (κ2) is 5.39. The molecule has 0 saturated heterocycles. The van der Waals surface area contributed by atoms with Gasteiger partial charge >= 0.3 is 0 Å². The van der Waals surface area contributed by atoms with Crippen molar-refractivity contribution in [2.75, 3.05) is 13.7 Å². The average molecular weight is 207 g/mol. The first-order valence-electron chi connectivity index (χ1n) is 5.08. The second-order valence-electron chi connectivity index (χ2n) is 3.81. The molecular weight excluding hydrogens is 190 g/mol. The number of benzene rings is 1. The Labute approximate surface area is 90.4 Å². The van der Waals surface area contributed by atoms with Gasteiger partial charge in [0.25, 0.3) is 5.91 Å². The monoisotopic (exact) mass is 207 g/mol. The molecule has 0 aliphatic carbocycles. The highest BCUT2D eigenvalue weighted by molar-refractivity contribution is 5.94. The molecule has 0 fully saturated rings. The lowest BCUT2D eigenvalue weighted by Crippen LogP contribution is -2.17. The van der Waals surface area contributed by atoms with Crippen molar-refractivity contribution in [1.29, 1.82) is 0 Å². The third-order valence-electron chi connectivity index (χ3n) is 1.91. The van der Waals surface area contributed by atoms with Gasteiger partial charge in [0, 0.05) is 12.6 Å². The van der Waals surface area contributed by atoms with E-state index >= 15 is 0 Å². The number of hydrogen-bond acceptors (Lipinski definition) is 2. The normalized spacial score (nSPS) is 10.1. The summed E-state index contributed by atoms with van der Waals surface area (Å²) >= 11 is 0. The maximum atomic E-state index is 11.3. The third-order valence-corrected chi connectivity index (χ3v) is 1.91. The molecule has 1 amide bonds. The van der Waals surface area contributed by atoms with E-state index in [-0.39, 0.29) is 5.91 Å². The molecule has 0 heterocycles. The summed E-state index contributed by atoms with van der Waals surface area (Å²) < 4.78 is 5.52. The summed E-state index contributed by atoms with van der Waals surface area (Å²) in [6.07, 6.45) is 0. The number of carbonyl (C=O) groups excluding carboxylic acids is 1. The first kappa shape index (κ1) is 11.6. The number of amides is 1. The molecular formula is C12H17NO2. The average Bonchev–Trinajstić information content (AvgIpc) is 2.25. The third kappa shape index (κ3) is 3.62. The molecule has 1 aromatic carbocycles. The van der Waals surface area contributed by atoms with Gasteiger partial charge in [-0.1, -0.05) is 19.9 Å². The maximum Gasteiger partial charge on any atom is 0.251 e. The van der Waals surface area contributed by atoms with E-state index in [2.05, 4.69) is 19.2 Å². The Morgan fingerprint density at radius 1 is 1.47 bits per heavy atom. The minimum atomic E-state index is -0.0926. The zero-order chi connectivity index (χ0) is 11.3. The summed E-state index contributed by atoms with van der Waals surface area (Å²) in [7, 11) is 1.62. The summed E-state index contributed by atoms with van der Waals surface area (Å²) in [4.78, 5) is 11.3. The zero-order valence-electron chi connectivity index (χ0n) is 9.41. The first-order chi connectivity index (χ1) is 7.13. The van der Waals surface area contributed by atoms with Crippen molar-refractivity contribution in [3.8, 4) is 5.75 Å². The van der Waals surface area contributed by atoms with Crippen molar-refractivity contribution in [3.05, 3.63) is 29.8 Å². The number of ether oxygens (including phenoxy) is 1. The predicted octanol–water partition coefficient (Wildman–Crippen LogP) is 2.08. The fourth-order valence-corrected chi connectivity index (χ4v) is 1.13. The maximum absolute atomic E-state index is 11.3. The molecule has 0 atom stereocenters. The topological polar surface area (TPSA) is 38.3 Å². The van der Waals surface area contributed by atoms with Crippen LogP contribution in [0.3, 0.4) is 0 Å². The van der Waals surface area contributed by atoms with Crippen LogP contribution in [-0.4, -0.2) is 19.6 Å². The van der Waals surface area contributed by atoms with Gasteiger partial charge in [-0.2, -0.15) is 0 Å². The molecule has 1 aromatic rings. The molecule has 1 N–H and O–H groups in total. The van der Waals surface area contributed by atoms with Crippen LogP contribution in [0.1, 0.15) is 24.2 Å². The van der Waals surface area contributed by atoms with E-state index < -0.39 is 0 Å². The quantitative estimate of drug-likeness (QED) is 0.821. The number of rotatable bonds is 4. The van der Waals surface area contributed by atoms with Gasteiger partial charge in [-0.3, -0.25) is 4.79 Å². The van der Waals surface area contributed by atoms with Gasteiger partial charge in [0.15, 0.2) is 0 Å². The van der Waals surface area contributed by atoms with Gasteiger partial charge in [-0.25, -0.2) is 0 Å². The van der Waals surface area contributed by atoms with Crippen LogP contribution in [0.4, 0.5) is 0 Å². The van der Waals surface area contributed by atoms with Crippen LogP contribution in [-0.2, 0) is 0 Å². The van der Waals surface area contributed by atoms with Gasteiger partial charge < -0.3 is 10.1 Å². The zero-order valence-corrected chi connectivity index (χ0v) is 9.41. The number of carbonyl (C=O) groups is 1. The standard InChI is InChI=1S/C12H17NO2/c1-9(2)8-15-11-6-4-5-10(7-11)12(14)13-3/h4-7,9H,8H2,1-3H3,(H,13,14). The van der Waals surface area contributed by atoms with E-state index in [1.807, 2.05) is 12.1 Å². The van der Waals surface area contributed by atoms with Crippen molar-refractivity contribution in [1.82, 2.24) is 5.32 Å². The van der Waals surface area contributed by atoms with E-state index in [1.165, 1.54) is 0 Å². The van der Waals surface area contributed by atoms with Crippen LogP contribution in [0.2, 0.25) is 0 Å². The van der Waals surface area contributed by atoms with E-state index in [1.54, 1.807) is 19.2 Å². The lowest BCUT2D eigenvalue weighted by atomic mass is 10.2. The summed E-state index contributed by atoms with van der Waals surface area (Å²) in [5, 5.41) is 2.58. The highest BCUT2D eigenvalue weighted by Gasteiger charge is 2.04. The van der Waals surface area contributed by atoms with Crippen LogP contribution >= 0.6 is 0 Å². The summed E-state index contributed by atoms with van der Waals surface area (Å²) in [5.74, 6) is 1.13. The summed E-state index contributed by atoms with van der Waals surface area (Å²) in [6, 6.07) is 7.19. The Bertz CT molecular complexity index is 334. The van der Waals surface area contributed by atoms with Crippen LogP contribution in [0, 0.1) is 5.92 Å². The van der Waals surface area contributed by atoms with Crippen molar-refractivity contribution < 1.29 is 9.53 Å². The summed E-state index contributed by atoms with van der Waals surface area (Å²) in [5.41, 5.74) is 0.624. The number of nitrogens with one attached hydrogen (secondary N) is 1. The van der Waals surface area contributed by atoms with E-state index in [9.17, 15) is 4.79 Å². The van der Waals surface area contributed by atoms with Gasteiger partial charge in [0.2, 0.25) is 0 Å². The molecule has 3 heteroatoms. The molecule has 82 valence electrons. The minimum absolute atomic E-state index is 0.0926. The van der Waals surface area contributed by atoms with Crippen LogP contribution < -0.4 is 10.1 Å². The molecule has 15 heavy (non-hydrogen) atoms. The lowest BCUT2D eigenvalue weighted by molar-refractivity contribution is 0.0962. The molecule has 1 rings (SSSR count). The Balaban J connectivity index is 2.70. The van der Waals surface area contributed by atoms with E-state index in [0.29, 0.717) is 18.1 Å². The molecule has 0 aromatic heterocycles. The Morgan fingerprint density at radius 2 is 2.20 bits per heavy atom. The van der Waals surface area contributed by atoms with Crippen molar-refractivity contribution >= 4 is 5.91 Å². The largest absolute Gasteiger partial charge is 0.493 e. The van der Waals surface area contributed by atoms with E-state index in [0.717, 1.165) is 5.75 Å². The molecule has 0 aliphatic rings. The van der Waals surface area contributed by atoms with Crippen LogP contribution in [0.5, 0.6) is 5.75 Å². The van der Waals surface area contributed by atoms with Crippen LogP contribution in [0.15, 0.2) is 24.3 Å². The summed E-state index contributed by atoms with van der Waals surface area (Å²) in [6.45, 7) is 4.84. The predicted molar refractivity (Wildman–Crippen MR) is 60.2 cm³/mol. The Morgan fingerprint density at radius 3 is 2.80 bits per heavy atom. The first-order valence-corrected chi connectivity index (χ1v) is 5.08. The van der Waals surface area contributed by atoms with Crippen molar-refractivity contribution in [3.63, 3.8) is 0 Å². The molecule has 0 bridgehead atoms. The van der Waals surface area contributed by atoms with Crippen molar-refractivity contribution in [2.45, 2.75) is 13.8 Å². The van der Waals surface area contributed by atoms with Gasteiger partial charge in [0.1, 0.15) is 5.75 Å². The van der Waals surface area contributed by atoms with E-state index in [4.69, 9.17) is 4.74 Å². The number of hydrogen-bond donors (Lipinski definition) is 1. The Kier molecular flexibility index (Phi) is 4.16. The van der Waals surface area contributed by atoms with Gasteiger partial charge in [-0.05, 0) is 24.1 Å². The van der Waals surface area contributed by atoms with Crippen LogP contribution in [0.25, 0.3) is 0 Å². The smallest absolute Gasteiger partial charge is 0.251 e. The van der Waals surface area contributed by atoms with Gasteiger partial charge in [0.05, 0.1) is 6.61 Å². The van der Waals surface area contributed by atoms with Gasteiger partial charge in [-0.15, -0.1) is 0 Å². The Hall–Kier alpha value is -1.51. The SMILES string of the molecule is CNC(=O)c1cccc(OCC(C)C)c1. The molecule has 0 aliphatic heterocycles. The molecule has 3 nitrogen and oxygen atoms in total. The molecule has 0 saturated carbocycles.